The maximum atomic E-state index is 13.0. The van der Waals surface area contributed by atoms with Crippen molar-refractivity contribution >= 4 is 11.5 Å². The van der Waals surface area contributed by atoms with Crippen LogP contribution in [0, 0.1) is 5.82 Å². The highest BCUT2D eigenvalue weighted by atomic mass is 19.4. The first kappa shape index (κ1) is 12.9. The summed E-state index contributed by atoms with van der Waals surface area (Å²) in [7, 11) is 0. The van der Waals surface area contributed by atoms with Crippen LogP contribution in [-0.2, 0) is 4.79 Å². The molecule has 18 heavy (non-hydrogen) atoms. The number of halogens is 4. The highest BCUT2D eigenvalue weighted by molar-refractivity contribution is 5.82. The molecule has 0 bridgehead atoms. The zero-order valence-corrected chi connectivity index (χ0v) is 9.38. The van der Waals surface area contributed by atoms with E-state index in [1.807, 2.05) is 0 Å². The van der Waals surface area contributed by atoms with E-state index >= 15 is 0 Å². The largest absolute Gasteiger partial charge is 0.409 e. The monoisotopic (exact) mass is 261 g/mol. The number of nitrogens with zero attached hydrogens (tertiary/aromatic N) is 1. The second-order valence-corrected chi connectivity index (χ2v) is 4.22. The molecule has 0 spiro atoms. The number of hydrogen-bond acceptors (Lipinski definition) is 2. The van der Waals surface area contributed by atoms with Gasteiger partial charge in [0.1, 0.15) is 17.6 Å². The highest BCUT2D eigenvalue weighted by Crippen LogP contribution is 2.34. The average Bonchev–Trinajstić information content (AvgIpc) is 2.27. The summed E-state index contributed by atoms with van der Waals surface area (Å²) in [5.41, 5.74) is 0.157. The van der Waals surface area contributed by atoms with E-state index in [4.69, 9.17) is 0 Å². The molecular formula is C12H11F4NO. The molecule has 1 fully saturated rings. The molecule has 2 nitrogen and oxygen atoms in total. The van der Waals surface area contributed by atoms with Gasteiger partial charge in [-0.1, -0.05) is 6.07 Å². The summed E-state index contributed by atoms with van der Waals surface area (Å²) in [6.07, 6.45) is -5.01. The quantitative estimate of drug-likeness (QED) is 0.724. The zero-order chi connectivity index (χ0) is 13.3. The van der Waals surface area contributed by atoms with Crippen molar-refractivity contribution < 1.29 is 22.4 Å². The van der Waals surface area contributed by atoms with Gasteiger partial charge in [0.2, 0.25) is 0 Å². The van der Waals surface area contributed by atoms with Crippen LogP contribution in [0.4, 0.5) is 23.2 Å². The van der Waals surface area contributed by atoms with Crippen LogP contribution in [0.25, 0.3) is 0 Å². The Morgan fingerprint density at radius 1 is 1.28 bits per heavy atom. The van der Waals surface area contributed by atoms with E-state index in [1.54, 1.807) is 0 Å². The zero-order valence-electron chi connectivity index (χ0n) is 9.38. The van der Waals surface area contributed by atoms with Gasteiger partial charge in [-0.3, -0.25) is 4.79 Å². The summed E-state index contributed by atoms with van der Waals surface area (Å²) < 4.78 is 51.6. The number of hydrogen-bond donors (Lipinski definition) is 0. The third-order valence-corrected chi connectivity index (χ3v) is 2.95. The lowest BCUT2D eigenvalue weighted by Crippen LogP contribution is -2.51. The van der Waals surface area contributed by atoms with Gasteiger partial charge in [-0.15, -0.1) is 0 Å². The summed E-state index contributed by atoms with van der Waals surface area (Å²) in [5, 5.41) is 0. The Morgan fingerprint density at radius 3 is 2.61 bits per heavy atom. The number of Topliss-reactive ketones (excluding diaryl/α,β-unsaturated/α-hetero) is 1. The summed E-state index contributed by atoms with van der Waals surface area (Å²) >= 11 is 0. The molecule has 0 aromatic heterocycles. The SMILES string of the molecule is O=C1CCN(c2cccc(F)c2)C(C(F)(F)F)C1. The van der Waals surface area contributed by atoms with Gasteiger partial charge in [0.05, 0.1) is 0 Å². The molecule has 98 valence electrons. The van der Waals surface area contributed by atoms with Gasteiger partial charge in [-0.05, 0) is 18.2 Å². The van der Waals surface area contributed by atoms with E-state index in [9.17, 15) is 22.4 Å². The molecule has 1 aromatic rings. The fourth-order valence-electron chi connectivity index (χ4n) is 2.09. The second-order valence-electron chi connectivity index (χ2n) is 4.22. The number of alkyl halides is 3. The third-order valence-electron chi connectivity index (χ3n) is 2.95. The van der Waals surface area contributed by atoms with Crippen molar-refractivity contribution in [2.45, 2.75) is 25.1 Å². The summed E-state index contributed by atoms with van der Waals surface area (Å²) in [6, 6.07) is 3.13. The van der Waals surface area contributed by atoms with Gasteiger partial charge >= 0.3 is 6.18 Å². The number of anilines is 1. The van der Waals surface area contributed by atoms with Crippen LogP contribution in [0.2, 0.25) is 0 Å². The third kappa shape index (κ3) is 2.63. The Bertz CT molecular complexity index is 458. The number of piperidine rings is 1. The Balaban J connectivity index is 2.32. The van der Waals surface area contributed by atoms with E-state index in [0.717, 1.165) is 11.0 Å². The first-order valence-corrected chi connectivity index (χ1v) is 5.48. The average molecular weight is 261 g/mol. The highest BCUT2D eigenvalue weighted by Gasteiger charge is 2.46. The topological polar surface area (TPSA) is 20.3 Å². The maximum Gasteiger partial charge on any atom is 0.409 e. The van der Waals surface area contributed by atoms with Crippen LogP contribution >= 0.6 is 0 Å². The summed E-state index contributed by atoms with van der Waals surface area (Å²) in [6.45, 7) is -0.0353. The van der Waals surface area contributed by atoms with Crippen molar-refractivity contribution in [3.05, 3.63) is 30.1 Å². The summed E-state index contributed by atoms with van der Waals surface area (Å²) in [5.74, 6) is -1.00. The lowest BCUT2D eigenvalue weighted by molar-refractivity contribution is -0.158. The van der Waals surface area contributed by atoms with Crippen LogP contribution in [-0.4, -0.2) is 24.5 Å². The van der Waals surface area contributed by atoms with Gasteiger partial charge in [0.25, 0.3) is 0 Å². The molecule has 1 saturated heterocycles. The van der Waals surface area contributed by atoms with Crippen LogP contribution in [0.3, 0.4) is 0 Å². The van der Waals surface area contributed by atoms with Gasteiger partial charge in [-0.25, -0.2) is 4.39 Å². The fraction of sp³-hybridized carbons (Fsp3) is 0.417. The van der Waals surface area contributed by atoms with Crippen molar-refractivity contribution in [2.24, 2.45) is 0 Å². The predicted octanol–water partition coefficient (Wildman–Crippen LogP) is 2.93. The summed E-state index contributed by atoms with van der Waals surface area (Å²) in [4.78, 5) is 12.2. The predicted molar refractivity (Wildman–Crippen MR) is 57.8 cm³/mol. The lowest BCUT2D eigenvalue weighted by atomic mass is 9.99. The Morgan fingerprint density at radius 2 is 2.00 bits per heavy atom. The first-order valence-electron chi connectivity index (χ1n) is 5.48. The minimum absolute atomic E-state index is 0.0353. The van der Waals surface area contributed by atoms with Gasteiger partial charge < -0.3 is 4.90 Å². The van der Waals surface area contributed by atoms with Crippen LogP contribution in [0.15, 0.2) is 24.3 Å². The second kappa shape index (κ2) is 4.59. The molecule has 1 heterocycles. The molecule has 1 atom stereocenters. The standard InChI is InChI=1S/C12H11F4NO/c13-8-2-1-3-9(6-8)17-5-4-10(18)7-11(17)12(14,15)16/h1-3,6,11H,4-5,7H2. The van der Waals surface area contributed by atoms with E-state index in [0.29, 0.717) is 0 Å². The molecular weight excluding hydrogens is 250 g/mol. The van der Waals surface area contributed by atoms with Crippen molar-refractivity contribution in [3.8, 4) is 0 Å². The Hall–Kier alpha value is -1.59. The number of carbonyl (C=O) groups is 1. The maximum absolute atomic E-state index is 13.0. The molecule has 1 unspecified atom stereocenters. The van der Waals surface area contributed by atoms with Crippen LogP contribution in [0.5, 0.6) is 0 Å². The molecule has 1 aliphatic rings. The molecule has 1 aromatic carbocycles. The molecule has 0 saturated carbocycles. The number of benzene rings is 1. The normalized spacial score (nSPS) is 21.2. The fourth-order valence-corrected chi connectivity index (χ4v) is 2.09. The van der Waals surface area contributed by atoms with Gasteiger partial charge in [0, 0.05) is 25.1 Å². The molecule has 6 heteroatoms. The minimum atomic E-state index is -4.50. The number of rotatable bonds is 1. The van der Waals surface area contributed by atoms with Crippen molar-refractivity contribution in [3.63, 3.8) is 0 Å². The van der Waals surface area contributed by atoms with Crippen molar-refractivity contribution in [1.29, 1.82) is 0 Å². The minimum Gasteiger partial charge on any atom is -0.359 e. The van der Waals surface area contributed by atoms with Crippen molar-refractivity contribution in [1.82, 2.24) is 0 Å². The first-order chi connectivity index (χ1) is 8.38. The molecule has 1 aliphatic heterocycles. The van der Waals surface area contributed by atoms with Crippen LogP contribution in [0.1, 0.15) is 12.8 Å². The molecule has 0 N–H and O–H groups in total. The van der Waals surface area contributed by atoms with E-state index in [2.05, 4.69) is 0 Å². The molecule has 2 rings (SSSR count). The van der Waals surface area contributed by atoms with E-state index in [1.165, 1.54) is 18.2 Å². The Labute approximate surface area is 101 Å². The van der Waals surface area contributed by atoms with Gasteiger partial charge in [0.15, 0.2) is 0 Å². The van der Waals surface area contributed by atoms with Gasteiger partial charge in [-0.2, -0.15) is 13.2 Å². The lowest BCUT2D eigenvalue weighted by Gasteiger charge is -2.37. The molecule has 0 amide bonds. The van der Waals surface area contributed by atoms with Crippen LogP contribution < -0.4 is 4.90 Å². The van der Waals surface area contributed by atoms with Crippen molar-refractivity contribution in [2.75, 3.05) is 11.4 Å². The molecule has 0 radical (unpaired) electrons. The number of carbonyl (C=O) groups excluding carboxylic acids is 1. The Kier molecular flexibility index (Phi) is 3.28. The molecule has 0 aliphatic carbocycles. The smallest absolute Gasteiger partial charge is 0.359 e. The van der Waals surface area contributed by atoms with E-state index < -0.39 is 30.2 Å². The van der Waals surface area contributed by atoms with E-state index in [-0.39, 0.29) is 18.7 Å². The number of ketones is 1.